The molecule has 0 bridgehead atoms. The molecular weight excluding hydrogens is 379 g/mol. The summed E-state index contributed by atoms with van der Waals surface area (Å²) in [5, 5.41) is 7.77. The Balaban J connectivity index is 0.00000225. The predicted molar refractivity (Wildman–Crippen MR) is 109 cm³/mol. The van der Waals surface area contributed by atoms with Gasteiger partial charge in [0.2, 0.25) is 0 Å². The van der Waals surface area contributed by atoms with Crippen LogP contribution in [0, 0.1) is 11.7 Å². The Morgan fingerprint density at radius 1 is 1.21 bits per heavy atom. The van der Waals surface area contributed by atoms with Crippen LogP contribution in [0.3, 0.4) is 0 Å². The smallest absolute Gasteiger partial charge is 0.250 e. The zero-order chi connectivity index (χ0) is 18.7. The lowest BCUT2D eigenvalue weighted by molar-refractivity contribution is -0.144. The maximum Gasteiger partial charge on any atom is 0.250 e. The van der Waals surface area contributed by atoms with E-state index in [1.165, 1.54) is 6.07 Å². The normalized spacial score (nSPS) is 19.8. The lowest BCUT2D eigenvalue weighted by Gasteiger charge is -2.42. The van der Waals surface area contributed by atoms with Crippen LogP contribution in [-0.4, -0.2) is 46.8 Å². The quantitative estimate of drug-likeness (QED) is 0.849. The lowest BCUT2D eigenvalue weighted by Crippen LogP contribution is -2.57. The minimum Gasteiger partial charge on any atom is -0.341 e. The Labute approximate surface area is 171 Å². The zero-order valence-corrected chi connectivity index (χ0v) is 16.8. The van der Waals surface area contributed by atoms with Gasteiger partial charge in [-0.25, -0.2) is 4.39 Å². The standard InChI is InChI=1S/C21H27FN4O.ClH/c22-19-4-1-3-18(16-19)15-17-5-13-25(14-6-17)20(27)21(7-10-23-11-8-21)26-12-2-9-24-26;/h1-4,9,12,16-17,23H,5-8,10-11,13-15H2;1H. The summed E-state index contributed by atoms with van der Waals surface area (Å²) in [6, 6.07) is 8.76. The van der Waals surface area contributed by atoms with Crippen molar-refractivity contribution in [1.82, 2.24) is 20.0 Å². The van der Waals surface area contributed by atoms with Crippen molar-refractivity contribution in [3.8, 4) is 0 Å². The number of carbonyl (C=O) groups excluding carboxylic acids is 1. The summed E-state index contributed by atoms with van der Waals surface area (Å²) in [6.45, 7) is 3.22. The monoisotopic (exact) mass is 406 g/mol. The van der Waals surface area contributed by atoms with Gasteiger partial charge in [-0.05, 0) is 74.9 Å². The van der Waals surface area contributed by atoms with Gasteiger partial charge in [0.15, 0.2) is 0 Å². The Hall–Kier alpha value is -1.92. The van der Waals surface area contributed by atoms with E-state index < -0.39 is 5.54 Å². The molecule has 2 aliphatic heterocycles. The second kappa shape index (κ2) is 9.05. The summed E-state index contributed by atoms with van der Waals surface area (Å²) >= 11 is 0. The highest BCUT2D eigenvalue weighted by atomic mass is 35.5. The number of halogens is 2. The van der Waals surface area contributed by atoms with Crippen LogP contribution >= 0.6 is 12.4 Å². The molecule has 0 aliphatic carbocycles. The third-order valence-electron chi connectivity index (χ3n) is 6.09. The average Bonchev–Trinajstić information content (AvgIpc) is 3.24. The van der Waals surface area contributed by atoms with E-state index in [1.807, 2.05) is 27.9 Å². The van der Waals surface area contributed by atoms with Crippen molar-refractivity contribution in [3.63, 3.8) is 0 Å². The van der Waals surface area contributed by atoms with E-state index in [-0.39, 0.29) is 24.1 Å². The first-order valence-corrected chi connectivity index (χ1v) is 9.92. The fourth-order valence-electron chi connectivity index (χ4n) is 4.54. The van der Waals surface area contributed by atoms with Gasteiger partial charge < -0.3 is 10.2 Å². The number of amides is 1. The molecule has 0 saturated carbocycles. The molecule has 0 unspecified atom stereocenters. The summed E-state index contributed by atoms with van der Waals surface area (Å²) in [5.74, 6) is 0.536. The Kier molecular flexibility index (Phi) is 6.73. The lowest BCUT2D eigenvalue weighted by atomic mass is 9.84. The summed E-state index contributed by atoms with van der Waals surface area (Å²) in [7, 11) is 0. The molecule has 2 aliphatic rings. The summed E-state index contributed by atoms with van der Waals surface area (Å²) in [6.07, 6.45) is 8.04. The Morgan fingerprint density at radius 3 is 2.61 bits per heavy atom. The maximum absolute atomic E-state index is 13.5. The van der Waals surface area contributed by atoms with Crippen molar-refractivity contribution in [2.75, 3.05) is 26.2 Å². The van der Waals surface area contributed by atoms with Crippen LogP contribution in [0.1, 0.15) is 31.2 Å². The van der Waals surface area contributed by atoms with Crippen molar-refractivity contribution < 1.29 is 9.18 Å². The van der Waals surface area contributed by atoms with Gasteiger partial charge in [0, 0.05) is 25.5 Å². The highest BCUT2D eigenvalue weighted by Crippen LogP contribution is 2.32. The zero-order valence-electron chi connectivity index (χ0n) is 16.0. The first-order chi connectivity index (χ1) is 13.2. The molecule has 4 rings (SSSR count). The molecule has 2 fully saturated rings. The van der Waals surface area contributed by atoms with Crippen LogP contribution in [0.25, 0.3) is 0 Å². The number of hydrogen-bond donors (Lipinski definition) is 1. The number of hydrogen-bond acceptors (Lipinski definition) is 3. The summed E-state index contributed by atoms with van der Waals surface area (Å²) < 4.78 is 15.3. The molecule has 1 aromatic heterocycles. The van der Waals surface area contributed by atoms with E-state index in [4.69, 9.17) is 0 Å². The molecule has 0 atom stereocenters. The average molecular weight is 407 g/mol. The summed E-state index contributed by atoms with van der Waals surface area (Å²) in [5.41, 5.74) is 0.496. The fraction of sp³-hybridized carbons (Fsp3) is 0.524. The SMILES string of the molecule is Cl.O=C(N1CCC(Cc2cccc(F)c2)CC1)C1(n2cccn2)CCNCC1. The molecule has 152 valence electrons. The molecule has 2 aromatic rings. The Bertz CT molecular complexity index is 768. The van der Waals surface area contributed by atoms with Crippen LogP contribution < -0.4 is 5.32 Å². The molecule has 3 heterocycles. The van der Waals surface area contributed by atoms with Crippen LogP contribution in [0.4, 0.5) is 4.39 Å². The van der Waals surface area contributed by atoms with Crippen LogP contribution in [0.15, 0.2) is 42.7 Å². The third-order valence-corrected chi connectivity index (χ3v) is 6.09. The highest BCUT2D eigenvalue weighted by molar-refractivity contribution is 5.85. The number of benzene rings is 1. The molecule has 1 N–H and O–H groups in total. The van der Waals surface area contributed by atoms with Gasteiger partial charge in [-0.15, -0.1) is 12.4 Å². The molecule has 1 aromatic carbocycles. The number of piperidine rings is 2. The highest BCUT2D eigenvalue weighted by Gasteiger charge is 2.44. The van der Waals surface area contributed by atoms with Crippen molar-refractivity contribution in [2.24, 2.45) is 5.92 Å². The van der Waals surface area contributed by atoms with Crippen molar-refractivity contribution in [1.29, 1.82) is 0 Å². The van der Waals surface area contributed by atoms with Crippen LogP contribution in [0.2, 0.25) is 0 Å². The van der Waals surface area contributed by atoms with Crippen LogP contribution in [0.5, 0.6) is 0 Å². The summed E-state index contributed by atoms with van der Waals surface area (Å²) in [4.78, 5) is 15.5. The molecule has 28 heavy (non-hydrogen) atoms. The molecule has 0 spiro atoms. The Morgan fingerprint density at radius 2 is 1.96 bits per heavy atom. The van der Waals surface area contributed by atoms with E-state index >= 15 is 0 Å². The largest absolute Gasteiger partial charge is 0.341 e. The number of aromatic nitrogens is 2. The first-order valence-electron chi connectivity index (χ1n) is 9.92. The number of likely N-dealkylation sites (tertiary alicyclic amines) is 1. The van der Waals surface area contributed by atoms with Gasteiger partial charge in [-0.3, -0.25) is 9.48 Å². The van der Waals surface area contributed by atoms with Gasteiger partial charge in [0.25, 0.3) is 5.91 Å². The van der Waals surface area contributed by atoms with Crippen molar-refractivity contribution >= 4 is 18.3 Å². The molecule has 7 heteroatoms. The minimum absolute atomic E-state index is 0. The molecule has 2 saturated heterocycles. The van der Waals surface area contributed by atoms with E-state index in [2.05, 4.69) is 10.4 Å². The van der Waals surface area contributed by atoms with Crippen molar-refractivity contribution in [2.45, 2.75) is 37.6 Å². The molecular formula is C21H28ClFN4O. The minimum atomic E-state index is -0.551. The predicted octanol–water partition coefficient (Wildman–Crippen LogP) is 3.00. The topological polar surface area (TPSA) is 50.2 Å². The van der Waals surface area contributed by atoms with E-state index in [0.29, 0.717) is 5.92 Å². The van der Waals surface area contributed by atoms with Gasteiger partial charge in [0.05, 0.1) is 0 Å². The van der Waals surface area contributed by atoms with Gasteiger partial charge in [-0.2, -0.15) is 5.10 Å². The number of rotatable bonds is 4. The number of carbonyl (C=O) groups is 1. The van der Waals surface area contributed by atoms with Gasteiger partial charge in [-0.1, -0.05) is 12.1 Å². The van der Waals surface area contributed by atoms with E-state index in [0.717, 1.165) is 63.8 Å². The second-order valence-corrected chi connectivity index (χ2v) is 7.80. The van der Waals surface area contributed by atoms with Gasteiger partial charge in [0.1, 0.15) is 11.4 Å². The maximum atomic E-state index is 13.5. The number of nitrogens with zero attached hydrogens (tertiary/aromatic N) is 3. The molecule has 5 nitrogen and oxygen atoms in total. The fourth-order valence-corrected chi connectivity index (χ4v) is 4.54. The van der Waals surface area contributed by atoms with Gasteiger partial charge >= 0.3 is 0 Å². The third kappa shape index (κ3) is 4.23. The van der Waals surface area contributed by atoms with E-state index in [9.17, 15) is 9.18 Å². The van der Waals surface area contributed by atoms with Crippen molar-refractivity contribution in [3.05, 3.63) is 54.1 Å². The number of nitrogens with one attached hydrogen (secondary N) is 1. The first kappa shape index (κ1) is 20.8. The molecule has 0 radical (unpaired) electrons. The van der Waals surface area contributed by atoms with E-state index in [1.54, 1.807) is 18.3 Å². The van der Waals surface area contributed by atoms with Crippen LogP contribution in [-0.2, 0) is 16.8 Å². The second-order valence-electron chi connectivity index (χ2n) is 7.80. The molecule has 1 amide bonds.